The van der Waals surface area contributed by atoms with Gasteiger partial charge >= 0.3 is 0 Å². The van der Waals surface area contributed by atoms with Crippen LogP contribution in [0.5, 0.6) is 0 Å². The molecule has 2 N–H and O–H groups in total. The van der Waals surface area contributed by atoms with E-state index in [1.807, 2.05) is 6.07 Å². The summed E-state index contributed by atoms with van der Waals surface area (Å²) < 4.78 is 0. The summed E-state index contributed by atoms with van der Waals surface area (Å²) >= 11 is 1.74. The highest BCUT2D eigenvalue weighted by molar-refractivity contribution is 7.98. The second-order valence-electron chi connectivity index (χ2n) is 5.62. The van der Waals surface area contributed by atoms with Crippen LogP contribution in [0.2, 0.25) is 0 Å². The highest BCUT2D eigenvalue weighted by atomic mass is 32.2. The number of rotatable bonds is 4. The number of nitrogens with zero attached hydrogens (tertiary/aromatic N) is 3. The second-order valence-corrected chi connectivity index (χ2v) is 6.63. The summed E-state index contributed by atoms with van der Waals surface area (Å²) in [6.45, 7) is 4.18. The van der Waals surface area contributed by atoms with E-state index in [0.29, 0.717) is 5.82 Å². The summed E-state index contributed by atoms with van der Waals surface area (Å²) in [5, 5.41) is 0. The molecule has 0 amide bonds. The number of hydrogen-bond acceptors (Lipinski definition) is 5. The maximum atomic E-state index is 6.15. The van der Waals surface area contributed by atoms with Crippen LogP contribution in [0.15, 0.2) is 47.4 Å². The molecule has 1 saturated heterocycles. The number of nitrogens with two attached hydrogens (primary N) is 1. The van der Waals surface area contributed by atoms with Crippen molar-refractivity contribution in [2.45, 2.75) is 10.6 Å². The molecule has 116 valence electrons. The topological polar surface area (TPSA) is 45.4 Å². The van der Waals surface area contributed by atoms with E-state index in [1.165, 1.54) is 5.56 Å². The Kier molecular flexibility index (Phi) is 4.85. The number of nitrogen functional groups attached to an aromatic ring is 1. The van der Waals surface area contributed by atoms with Gasteiger partial charge in [0.2, 0.25) is 0 Å². The number of thioether (sulfide) groups is 1. The Morgan fingerprint density at radius 1 is 1.05 bits per heavy atom. The lowest BCUT2D eigenvalue weighted by Crippen LogP contribution is -2.44. The molecule has 0 radical (unpaired) electrons. The van der Waals surface area contributed by atoms with Crippen molar-refractivity contribution in [3.8, 4) is 0 Å². The van der Waals surface area contributed by atoms with Gasteiger partial charge in [0, 0.05) is 36.8 Å². The normalized spacial score (nSPS) is 16.0. The van der Waals surface area contributed by atoms with Crippen molar-refractivity contribution in [1.82, 2.24) is 9.88 Å². The molecule has 1 aliphatic rings. The highest BCUT2D eigenvalue weighted by Gasteiger charge is 2.16. The summed E-state index contributed by atoms with van der Waals surface area (Å²) in [4.78, 5) is 10.3. The molecule has 2 heterocycles. The molecule has 0 saturated carbocycles. The van der Waals surface area contributed by atoms with E-state index in [0.717, 1.165) is 42.6 Å². The van der Waals surface area contributed by atoms with Gasteiger partial charge in [-0.25, -0.2) is 4.98 Å². The van der Waals surface area contributed by atoms with Crippen LogP contribution in [0.25, 0.3) is 0 Å². The summed E-state index contributed by atoms with van der Waals surface area (Å²) in [6.07, 6.45) is 0. The second kappa shape index (κ2) is 7.03. The van der Waals surface area contributed by atoms with Gasteiger partial charge in [0.15, 0.2) is 0 Å². The van der Waals surface area contributed by atoms with E-state index in [9.17, 15) is 0 Å². The first-order valence-corrected chi connectivity index (χ1v) is 8.57. The molecule has 5 heteroatoms. The third-order valence-electron chi connectivity index (χ3n) is 3.94. The maximum absolute atomic E-state index is 6.15. The molecule has 1 aromatic carbocycles. The fourth-order valence-electron chi connectivity index (χ4n) is 2.52. The lowest BCUT2D eigenvalue weighted by molar-refractivity contribution is 0.312. The van der Waals surface area contributed by atoms with Gasteiger partial charge < -0.3 is 15.5 Å². The molecule has 0 unspecified atom stereocenters. The van der Waals surface area contributed by atoms with Crippen LogP contribution >= 0.6 is 11.8 Å². The van der Waals surface area contributed by atoms with Crippen LogP contribution in [0.4, 0.5) is 11.6 Å². The quantitative estimate of drug-likeness (QED) is 0.879. The fourth-order valence-corrected chi connectivity index (χ4v) is 3.39. The molecular formula is C17H22N4S. The van der Waals surface area contributed by atoms with Crippen LogP contribution in [-0.4, -0.2) is 43.1 Å². The third kappa shape index (κ3) is 3.72. The lowest BCUT2D eigenvalue weighted by atomic mass is 10.2. The zero-order valence-electron chi connectivity index (χ0n) is 12.9. The summed E-state index contributed by atoms with van der Waals surface area (Å²) in [5.74, 6) is 2.55. The minimum atomic E-state index is 0.636. The van der Waals surface area contributed by atoms with Gasteiger partial charge in [-0.15, -0.1) is 11.8 Å². The molecule has 22 heavy (non-hydrogen) atoms. The minimum absolute atomic E-state index is 0.636. The Bertz CT molecular complexity index is 609. The summed E-state index contributed by atoms with van der Waals surface area (Å²) in [6, 6.07) is 14.6. The molecule has 0 aliphatic carbocycles. The van der Waals surface area contributed by atoms with Crippen molar-refractivity contribution in [3.63, 3.8) is 0 Å². The van der Waals surface area contributed by atoms with E-state index in [1.54, 1.807) is 11.8 Å². The van der Waals surface area contributed by atoms with Gasteiger partial charge in [-0.2, -0.15) is 0 Å². The number of hydrogen-bond donors (Lipinski definition) is 1. The van der Waals surface area contributed by atoms with Crippen molar-refractivity contribution in [2.24, 2.45) is 0 Å². The minimum Gasteiger partial charge on any atom is -0.383 e. The maximum Gasteiger partial charge on any atom is 0.139 e. The number of pyridine rings is 1. The predicted octanol–water partition coefficient (Wildman–Crippen LogP) is 2.71. The molecular weight excluding hydrogens is 292 g/mol. The fraction of sp³-hybridized carbons (Fsp3) is 0.353. The van der Waals surface area contributed by atoms with E-state index in [2.05, 4.69) is 58.2 Å². The zero-order chi connectivity index (χ0) is 15.4. The van der Waals surface area contributed by atoms with Gasteiger partial charge in [0.05, 0.1) is 0 Å². The van der Waals surface area contributed by atoms with Gasteiger partial charge in [-0.05, 0) is 24.7 Å². The van der Waals surface area contributed by atoms with E-state index in [-0.39, 0.29) is 0 Å². The van der Waals surface area contributed by atoms with Crippen molar-refractivity contribution in [1.29, 1.82) is 0 Å². The first-order valence-electron chi connectivity index (χ1n) is 7.59. The summed E-state index contributed by atoms with van der Waals surface area (Å²) in [7, 11) is 2.16. The van der Waals surface area contributed by atoms with Crippen LogP contribution < -0.4 is 10.6 Å². The van der Waals surface area contributed by atoms with E-state index < -0.39 is 0 Å². The number of aromatic nitrogens is 1. The van der Waals surface area contributed by atoms with Crippen LogP contribution in [0.3, 0.4) is 0 Å². The first-order chi connectivity index (χ1) is 10.7. The molecule has 0 spiro atoms. The van der Waals surface area contributed by atoms with Gasteiger partial charge in [0.25, 0.3) is 0 Å². The Hall–Kier alpha value is -1.72. The van der Waals surface area contributed by atoms with Crippen molar-refractivity contribution < 1.29 is 0 Å². The Morgan fingerprint density at radius 2 is 1.77 bits per heavy atom. The van der Waals surface area contributed by atoms with Crippen molar-refractivity contribution >= 4 is 23.4 Å². The molecule has 1 aliphatic heterocycles. The number of benzene rings is 1. The Balaban J connectivity index is 1.64. The molecule has 0 bridgehead atoms. The molecule has 4 nitrogen and oxygen atoms in total. The van der Waals surface area contributed by atoms with Crippen molar-refractivity contribution in [3.05, 3.63) is 48.0 Å². The largest absolute Gasteiger partial charge is 0.383 e. The first kappa shape index (κ1) is 15.2. The highest BCUT2D eigenvalue weighted by Crippen LogP contribution is 2.29. The monoisotopic (exact) mass is 314 g/mol. The van der Waals surface area contributed by atoms with Gasteiger partial charge in [-0.3, -0.25) is 0 Å². The standard InChI is InChI=1S/C17H22N4S/c1-20-9-11-21(12-10-20)16-8-7-15(17(18)19-16)22-13-14-5-3-2-4-6-14/h2-8H,9-13H2,1H3,(H2,18,19). The molecule has 3 rings (SSSR count). The molecule has 0 atom stereocenters. The van der Waals surface area contributed by atoms with Crippen LogP contribution in [0.1, 0.15) is 5.56 Å². The molecule has 1 fully saturated rings. The molecule has 2 aromatic rings. The van der Waals surface area contributed by atoms with Gasteiger partial charge in [-0.1, -0.05) is 30.3 Å². The van der Waals surface area contributed by atoms with Gasteiger partial charge in [0.1, 0.15) is 11.6 Å². The Labute approximate surface area is 136 Å². The number of likely N-dealkylation sites (N-methyl/N-ethyl adjacent to an activating group) is 1. The van der Waals surface area contributed by atoms with Crippen LogP contribution in [-0.2, 0) is 5.75 Å². The van der Waals surface area contributed by atoms with E-state index >= 15 is 0 Å². The Morgan fingerprint density at radius 3 is 2.45 bits per heavy atom. The predicted molar refractivity (Wildman–Crippen MR) is 94.4 cm³/mol. The SMILES string of the molecule is CN1CCN(c2ccc(SCc3ccccc3)c(N)n2)CC1. The average molecular weight is 314 g/mol. The van der Waals surface area contributed by atoms with Crippen molar-refractivity contribution in [2.75, 3.05) is 43.9 Å². The summed E-state index contributed by atoms with van der Waals surface area (Å²) in [5.41, 5.74) is 7.45. The lowest BCUT2D eigenvalue weighted by Gasteiger charge is -2.33. The van der Waals surface area contributed by atoms with Crippen LogP contribution in [0, 0.1) is 0 Å². The average Bonchev–Trinajstić information content (AvgIpc) is 2.55. The van der Waals surface area contributed by atoms with E-state index in [4.69, 9.17) is 5.73 Å². The third-order valence-corrected chi connectivity index (χ3v) is 5.07. The number of piperazine rings is 1. The molecule has 1 aromatic heterocycles. The zero-order valence-corrected chi connectivity index (χ0v) is 13.7. The smallest absolute Gasteiger partial charge is 0.139 e. The number of anilines is 2.